The molecule has 0 aromatic heterocycles. The second kappa shape index (κ2) is 6.36. The number of hydrogen-bond acceptors (Lipinski definition) is 4. The highest BCUT2D eigenvalue weighted by Crippen LogP contribution is 1.76. The van der Waals surface area contributed by atoms with E-state index in [9.17, 15) is 9.59 Å². The van der Waals surface area contributed by atoms with Crippen molar-refractivity contribution < 1.29 is 19.4 Å². The van der Waals surface area contributed by atoms with Crippen LogP contribution in [0.25, 0.3) is 0 Å². The third kappa shape index (κ3) is 6.76. The summed E-state index contributed by atoms with van der Waals surface area (Å²) in [5.41, 5.74) is 0. The highest BCUT2D eigenvalue weighted by Gasteiger charge is 1.96. The number of carbonyl (C=O) groups is 2. The average Bonchev–Trinajstić information content (AvgIpc) is 2.03. The molecule has 0 amide bonds. The Balaban J connectivity index is 3.16. The molecular weight excluding hydrogens is 162 g/mol. The van der Waals surface area contributed by atoms with E-state index in [1.807, 2.05) is 0 Å². The van der Waals surface area contributed by atoms with Crippen molar-refractivity contribution in [2.75, 3.05) is 19.7 Å². The molecule has 5 heteroatoms. The normalized spacial score (nSPS) is 9.00. The topological polar surface area (TPSA) is 75.6 Å². The van der Waals surface area contributed by atoms with Crippen molar-refractivity contribution in [3.63, 3.8) is 0 Å². The van der Waals surface area contributed by atoms with Crippen LogP contribution in [0.5, 0.6) is 0 Å². The summed E-state index contributed by atoms with van der Waals surface area (Å²) in [5.74, 6) is -1.45. The minimum Gasteiger partial charge on any atom is -0.480 e. The van der Waals surface area contributed by atoms with Gasteiger partial charge in [-0.3, -0.25) is 4.79 Å². The summed E-state index contributed by atoms with van der Waals surface area (Å²) < 4.78 is 4.56. The summed E-state index contributed by atoms with van der Waals surface area (Å²) >= 11 is 0. The average molecular weight is 173 g/mol. The predicted molar refractivity (Wildman–Crippen MR) is 41.7 cm³/mol. The Bertz CT molecular complexity index is 178. The van der Waals surface area contributed by atoms with Gasteiger partial charge in [-0.05, 0) is 0 Å². The van der Waals surface area contributed by atoms with E-state index in [1.54, 1.807) is 0 Å². The van der Waals surface area contributed by atoms with Gasteiger partial charge < -0.3 is 15.2 Å². The van der Waals surface area contributed by atoms with E-state index in [4.69, 9.17) is 5.11 Å². The highest BCUT2D eigenvalue weighted by atomic mass is 16.5. The molecule has 0 bridgehead atoms. The maximum Gasteiger partial charge on any atom is 0.330 e. The zero-order valence-electron chi connectivity index (χ0n) is 6.58. The van der Waals surface area contributed by atoms with Gasteiger partial charge in [0.1, 0.15) is 6.61 Å². The van der Waals surface area contributed by atoms with Crippen LogP contribution in [-0.2, 0) is 14.3 Å². The van der Waals surface area contributed by atoms with Gasteiger partial charge in [0.2, 0.25) is 0 Å². The lowest BCUT2D eigenvalue weighted by atomic mass is 10.6. The first kappa shape index (κ1) is 10.6. The highest BCUT2D eigenvalue weighted by molar-refractivity contribution is 5.81. The molecule has 5 nitrogen and oxygen atoms in total. The van der Waals surface area contributed by atoms with Crippen LogP contribution in [0.4, 0.5) is 0 Å². The molecule has 12 heavy (non-hydrogen) atoms. The summed E-state index contributed by atoms with van der Waals surface area (Å²) in [6, 6.07) is 0. The Kier molecular flexibility index (Phi) is 5.64. The number of carboxylic acids is 1. The predicted octanol–water partition coefficient (Wildman–Crippen LogP) is -0.610. The van der Waals surface area contributed by atoms with Gasteiger partial charge >= 0.3 is 11.9 Å². The number of rotatable bonds is 6. The summed E-state index contributed by atoms with van der Waals surface area (Å²) in [7, 11) is 0. The number of nitrogens with one attached hydrogen (secondary N) is 1. The van der Waals surface area contributed by atoms with Crippen LogP contribution < -0.4 is 5.32 Å². The molecule has 0 aliphatic heterocycles. The first-order valence-corrected chi connectivity index (χ1v) is 3.38. The summed E-state index contributed by atoms with van der Waals surface area (Å²) in [4.78, 5) is 20.4. The second-order valence-electron chi connectivity index (χ2n) is 1.94. The molecule has 0 aromatic rings. The van der Waals surface area contributed by atoms with Gasteiger partial charge in [-0.2, -0.15) is 0 Å². The van der Waals surface area contributed by atoms with Crippen molar-refractivity contribution in [3.05, 3.63) is 12.7 Å². The first-order chi connectivity index (χ1) is 5.66. The quantitative estimate of drug-likeness (QED) is 0.318. The van der Waals surface area contributed by atoms with Gasteiger partial charge in [0.05, 0.1) is 6.54 Å². The lowest BCUT2D eigenvalue weighted by Crippen LogP contribution is -2.26. The fraction of sp³-hybridized carbons (Fsp3) is 0.429. The maximum absolute atomic E-state index is 10.4. The van der Waals surface area contributed by atoms with Crippen molar-refractivity contribution in [2.45, 2.75) is 0 Å². The molecule has 2 N–H and O–H groups in total. The Labute approximate surface area is 70.0 Å². The molecule has 0 aliphatic rings. The van der Waals surface area contributed by atoms with E-state index in [-0.39, 0.29) is 13.2 Å². The number of carboxylic acid groups (broad SMARTS) is 1. The van der Waals surface area contributed by atoms with Crippen LogP contribution in [0.15, 0.2) is 12.7 Å². The lowest BCUT2D eigenvalue weighted by Gasteiger charge is -2.01. The molecule has 0 fully saturated rings. The number of carbonyl (C=O) groups excluding carboxylic acids is 1. The third-order valence-electron chi connectivity index (χ3n) is 0.966. The molecule has 0 radical (unpaired) electrons. The number of hydrogen-bond donors (Lipinski definition) is 2. The van der Waals surface area contributed by atoms with Crippen molar-refractivity contribution in [2.24, 2.45) is 0 Å². The minimum atomic E-state index is -0.940. The fourth-order valence-electron chi connectivity index (χ4n) is 0.478. The van der Waals surface area contributed by atoms with E-state index < -0.39 is 11.9 Å². The smallest absolute Gasteiger partial charge is 0.330 e. The maximum atomic E-state index is 10.4. The number of aliphatic carboxylic acids is 1. The van der Waals surface area contributed by atoms with Gasteiger partial charge in [0.25, 0.3) is 0 Å². The van der Waals surface area contributed by atoms with Crippen LogP contribution in [0, 0.1) is 0 Å². The molecule has 0 saturated heterocycles. The van der Waals surface area contributed by atoms with Gasteiger partial charge in [-0.15, -0.1) is 0 Å². The molecule has 0 aromatic carbocycles. The van der Waals surface area contributed by atoms with E-state index in [2.05, 4.69) is 16.6 Å². The zero-order chi connectivity index (χ0) is 9.40. The molecule has 0 heterocycles. The molecule has 0 rings (SSSR count). The second-order valence-corrected chi connectivity index (χ2v) is 1.94. The summed E-state index contributed by atoms with van der Waals surface area (Å²) in [6.45, 7) is 3.54. The van der Waals surface area contributed by atoms with E-state index >= 15 is 0 Å². The van der Waals surface area contributed by atoms with Crippen molar-refractivity contribution >= 4 is 11.9 Å². The first-order valence-electron chi connectivity index (χ1n) is 3.38. The molecule has 0 aliphatic carbocycles. The molecular formula is C7H11NO4. The zero-order valence-corrected chi connectivity index (χ0v) is 6.58. The Morgan fingerprint density at radius 2 is 2.25 bits per heavy atom. The van der Waals surface area contributed by atoms with Crippen molar-refractivity contribution in [1.29, 1.82) is 0 Å². The standard InChI is InChI=1S/C7H11NO4/c1-2-7(11)12-4-3-8-5-6(9)10/h2,8H,1,3-5H2,(H,9,10). The van der Waals surface area contributed by atoms with Gasteiger partial charge in [-0.25, -0.2) is 4.79 Å². The van der Waals surface area contributed by atoms with Gasteiger partial charge in [0.15, 0.2) is 0 Å². The monoisotopic (exact) mass is 173 g/mol. The van der Waals surface area contributed by atoms with Crippen LogP contribution in [0.1, 0.15) is 0 Å². The molecule has 0 saturated carbocycles. The van der Waals surface area contributed by atoms with E-state index in [1.165, 1.54) is 0 Å². The molecule has 0 unspecified atom stereocenters. The Hall–Kier alpha value is -1.36. The number of esters is 1. The van der Waals surface area contributed by atoms with Gasteiger partial charge in [0, 0.05) is 12.6 Å². The summed E-state index contributed by atoms with van der Waals surface area (Å²) in [5, 5.41) is 10.7. The summed E-state index contributed by atoms with van der Waals surface area (Å²) in [6.07, 6.45) is 1.05. The van der Waals surface area contributed by atoms with Crippen molar-refractivity contribution in [3.8, 4) is 0 Å². The molecule has 68 valence electrons. The molecule has 0 atom stereocenters. The molecule has 0 spiro atoms. The van der Waals surface area contributed by atoms with E-state index in [0.29, 0.717) is 6.54 Å². The Morgan fingerprint density at radius 1 is 1.58 bits per heavy atom. The lowest BCUT2D eigenvalue weighted by molar-refractivity contribution is -0.137. The van der Waals surface area contributed by atoms with Crippen LogP contribution in [0.2, 0.25) is 0 Å². The number of ether oxygens (including phenoxy) is 1. The third-order valence-corrected chi connectivity index (χ3v) is 0.966. The minimum absolute atomic E-state index is 0.133. The van der Waals surface area contributed by atoms with Crippen molar-refractivity contribution in [1.82, 2.24) is 5.32 Å². The largest absolute Gasteiger partial charge is 0.480 e. The van der Waals surface area contributed by atoms with Gasteiger partial charge in [-0.1, -0.05) is 6.58 Å². The Morgan fingerprint density at radius 3 is 2.75 bits per heavy atom. The SMILES string of the molecule is C=CC(=O)OCCNCC(=O)O. The van der Waals surface area contributed by atoms with Crippen LogP contribution >= 0.6 is 0 Å². The fourth-order valence-corrected chi connectivity index (χ4v) is 0.478. The van der Waals surface area contributed by atoms with Crippen LogP contribution in [0.3, 0.4) is 0 Å². The van der Waals surface area contributed by atoms with E-state index in [0.717, 1.165) is 6.08 Å². The van der Waals surface area contributed by atoms with Crippen LogP contribution in [-0.4, -0.2) is 36.7 Å².